The Labute approximate surface area is 198 Å². The monoisotopic (exact) mass is 535 g/mol. The van der Waals surface area contributed by atoms with E-state index in [1.807, 2.05) is 40.2 Å². The number of anilines is 1. The summed E-state index contributed by atoms with van der Waals surface area (Å²) in [6.45, 7) is 2.81. The molecule has 1 aliphatic heterocycles. The van der Waals surface area contributed by atoms with Gasteiger partial charge in [-0.2, -0.15) is 5.10 Å². The van der Waals surface area contributed by atoms with Crippen molar-refractivity contribution >= 4 is 35.8 Å². The number of nitrogens with zero attached hydrogens (tertiary/aromatic N) is 5. The summed E-state index contributed by atoms with van der Waals surface area (Å²) in [5.41, 5.74) is 2.30. The molecular formula is C22H27FIN7. The van der Waals surface area contributed by atoms with Crippen LogP contribution < -0.4 is 15.5 Å². The van der Waals surface area contributed by atoms with Crippen molar-refractivity contribution in [2.75, 3.05) is 25.0 Å². The minimum Gasteiger partial charge on any atom is -0.352 e. The number of aliphatic imine (C=N–C) groups is 1. The minimum absolute atomic E-state index is 0. The molecule has 4 rings (SSSR count). The van der Waals surface area contributed by atoms with Crippen molar-refractivity contribution in [1.82, 2.24) is 25.4 Å². The molecule has 9 heteroatoms. The van der Waals surface area contributed by atoms with Gasteiger partial charge in [-0.15, -0.1) is 24.0 Å². The third kappa shape index (κ3) is 6.16. The van der Waals surface area contributed by atoms with Gasteiger partial charge in [0.2, 0.25) is 0 Å². The van der Waals surface area contributed by atoms with Crippen molar-refractivity contribution in [3.05, 3.63) is 78.0 Å². The van der Waals surface area contributed by atoms with Crippen LogP contribution in [0.2, 0.25) is 0 Å². The van der Waals surface area contributed by atoms with Crippen LogP contribution in [0, 0.1) is 5.82 Å². The molecule has 3 aromatic rings. The fraction of sp³-hybridized carbons (Fsp3) is 0.318. The predicted molar refractivity (Wildman–Crippen MR) is 131 cm³/mol. The Morgan fingerprint density at radius 2 is 2.03 bits per heavy atom. The summed E-state index contributed by atoms with van der Waals surface area (Å²) in [6.07, 6.45) is 6.42. The van der Waals surface area contributed by atoms with Crippen LogP contribution in [-0.4, -0.2) is 46.9 Å². The van der Waals surface area contributed by atoms with Crippen LogP contribution in [0.15, 0.2) is 66.0 Å². The van der Waals surface area contributed by atoms with E-state index in [0.717, 1.165) is 31.0 Å². The SMILES string of the molecule is CN=C(NCc1cnn(Cc2ccccc2)c1)NC1CCN(c2ncccc2F)C1.I. The number of benzene rings is 1. The Balaban J connectivity index is 0.00000272. The number of hydrogen-bond acceptors (Lipinski definition) is 4. The molecule has 0 radical (unpaired) electrons. The topological polar surface area (TPSA) is 70.4 Å². The Kier molecular flexibility index (Phi) is 8.21. The molecule has 0 spiro atoms. The molecule has 1 fully saturated rings. The average molecular weight is 535 g/mol. The molecule has 0 bridgehead atoms. The van der Waals surface area contributed by atoms with Crippen molar-refractivity contribution in [2.24, 2.45) is 4.99 Å². The molecule has 1 aliphatic rings. The van der Waals surface area contributed by atoms with Crippen LogP contribution >= 0.6 is 24.0 Å². The lowest BCUT2D eigenvalue weighted by Crippen LogP contribution is -2.44. The third-order valence-electron chi connectivity index (χ3n) is 5.13. The van der Waals surface area contributed by atoms with E-state index < -0.39 is 0 Å². The second-order valence-corrected chi connectivity index (χ2v) is 7.34. The van der Waals surface area contributed by atoms with E-state index in [9.17, 15) is 4.39 Å². The first-order valence-electron chi connectivity index (χ1n) is 10.1. The summed E-state index contributed by atoms with van der Waals surface area (Å²) in [4.78, 5) is 10.5. The lowest BCUT2D eigenvalue weighted by molar-refractivity contribution is 0.612. The first kappa shape index (κ1) is 23.0. The van der Waals surface area contributed by atoms with Gasteiger partial charge in [-0.05, 0) is 24.1 Å². The molecule has 7 nitrogen and oxygen atoms in total. The Morgan fingerprint density at radius 1 is 1.19 bits per heavy atom. The number of halogens is 2. The molecule has 31 heavy (non-hydrogen) atoms. The van der Waals surface area contributed by atoms with Crippen molar-refractivity contribution in [3.8, 4) is 0 Å². The molecule has 3 heterocycles. The molecule has 0 amide bonds. The molecule has 1 atom stereocenters. The van der Waals surface area contributed by atoms with Gasteiger partial charge in [0.25, 0.3) is 0 Å². The van der Waals surface area contributed by atoms with Gasteiger partial charge in [-0.1, -0.05) is 30.3 Å². The summed E-state index contributed by atoms with van der Waals surface area (Å²) < 4.78 is 15.9. The molecule has 1 saturated heterocycles. The first-order chi connectivity index (χ1) is 14.7. The summed E-state index contributed by atoms with van der Waals surface area (Å²) >= 11 is 0. The number of aromatic nitrogens is 3. The highest BCUT2D eigenvalue weighted by molar-refractivity contribution is 14.0. The van der Waals surface area contributed by atoms with Crippen LogP contribution in [-0.2, 0) is 13.1 Å². The van der Waals surface area contributed by atoms with Gasteiger partial charge in [-0.3, -0.25) is 9.67 Å². The Morgan fingerprint density at radius 3 is 2.81 bits per heavy atom. The van der Waals surface area contributed by atoms with Crippen LogP contribution in [0.3, 0.4) is 0 Å². The Bertz CT molecular complexity index is 992. The molecule has 0 aliphatic carbocycles. The van der Waals surface area contributed by atoms with Crippen LogP contribution in [0.1, 0.15) is 17.5 Å². The quantitative estimate of drug-likeness (QED) is 0.289. The van der Waals surface area contributed by atoms with E-state index >= 15 is 0 Å². The highest BCUT2D eigenvalue weighted by Crippen LogP contribution is 2.20. The van der Waals surface area contributed by atoms with Gasteiger partial charge in [-0.25, -0.2) is 9.37 Å². The van der Waals surface area contributed by atoms with E-state index in [-0.39, 0.29) is 35.8 Å². The fourth-order valence-electron chi connectivity index (χ4n) is 3.61. The van der Waals surface area contributed by atoms with Gasteiger partial charge in [0.05, 0.1) is 12.7 Å². The molecule has 164 valence electrons. The summed E-state index contributed by atoms with van der Waals surface area (Å²) in [5, 5.41) is 11.2. The zero-order valence-electron chi connectivity index (χ0n) is 17.4. The normalized spacial score (nSPS) is 16.1. The highest BCUT2D eigenvalue weighted by Gasteiger charge is 2.25. The van der Waals surface area contributed by atoms with Crippen LogP contribution in [0.5, 0.6) is 0 Å². The first-order valence-corrected chi connectivity index (χ1v) is 10.1. The molecular weight excluding hydrogens is 508 g/mol. The van der Waals surface area contributed by atoms with Gasteiger partial charge >= 0.3 is 0 Å². The maximum absolute atomic E-state index is 14.0. The standard InChI is InChI=1S/C22H26FN7.HI/c1-24-22(28-19-9-11-29(16-19)21-20(23)8-5-10-25-21)26-12-18-13-27-30(15-18)14-17-6-3-2-4-7-17;/h2-8,10,13,15,19H,9,11-12,14,16H2,1H3,(H2,24,26,28);1H. The lowest BCUT2D eigenvalue weighted by Gasteiger charge is -2.19. The number of nitrogens with one attached hydrogen (secondary N) is 2. The van der Waals surface area contributed by atoms with E-state index in [4.69, 9.17) is 0 Å². The van der Waals surface area contributed by atoms with Crippen molar-refractivity contribution in [1.29, 1.82) is 0 Å². The van der Waals surface area contributed by atoms with Crippen molar-refractivity contribution < 1.29 is 4.39 Å². The highest BCUT2D eigenvalue weighted by atomic mass is 127. The molecule has 0 saturated carbocycles. The smallest absolute Gasteiger partial charge is 0.191 e. The van der Waals surface area contributed by atoms with Gasteiger partial charge in [0.1, 0.15) is 0 Å². The largest absolute Gasteiger partial charge is 0.352 e. The molecule has 2 aromatic heterocycles. The number of hydrogen-bond donors (Lipinski definition) is 2. The summed E-state index contributed by atoms with van der Waals surface area (Å²) in [7, 11) is 1.75. The lowest BCUT2D eigenvalue weighted by atomic mass is 10.2. The van der Waals surface area contributed by atoms with Crippen molar-refractivity contribution in [3.63, 3.8) is 0 Å². The van der Waals surface area contributed by atoms with Crippen LogP contribution in [0.25, 0.3) is 0 Å². The van der Waals surface area contributed by atoms with E-state index in [2.05, 4.69) is 37.8 Å². The maximum atomic E-state index is 14.0. The van der Waals surface area contributed by atoms with Gasteiger partial charge < -0.3 is 15.5 Å². The van der Waals surface area contributed by atoms with Gasteiger partial charge in [0.15, 0.2) is 17.6 Å². The molecule has 1 unspecified atom stereocenters. The zero-order chi connectivity index (χ0) is 20.8. The zero-order valence-corrected chi connectivity index (χ0v) is 19.7. The van der Waals surface area contributed by atoms with Crippen molar-refractivity contribution in [2.45, 2.75) is 25.6 Å². The maximum Gasteiger partial charge on any atom is 0.191 e. The Hall–Kier alpha value is -2.69. The van der Waals surface area contributed by atoms with E-state index in [1.54, 1.807) is 19.3 Å². The molecule has 2 N–H and O–H groups in total. The average Bonchev–Trinajstić information content (AvgIpc) is 3.42. The molecule has 1 aromatic carbocycles. The summed E-state index contributed by atoms with van der Waals surface area (Å²) in [5.74, 6) is 0.850. The summed E-state index contributed by atoms with van der Waals surface area (Å²) in [6, 6.07) is 13.5. The van der Waals surface area contributed by atoms with Gasteiger partial charge in [0, 0.05) is 50.7 Å². The second kappa shape index (κ2) is 11.1. The number of pyridine rings is 1. The van der Waals surface area contributed by atoms with Crippen LogP contribution in [0.4, 0.5) is 10.2 Å². The minimum atomic E-state index is -0.284. The fourth-order valence-corrected chi connectivity index (χ4v) is 3.61. The number of rotatable bonds is 6. The number of guanidine groups is 1. The predicted octanol–water partition coefficient (Wildman–Crippen LogP) is 3.03. The van der Waals surface area contributed by atoms with E-state index in [0.29, 0.717) is 18.9 Å². The third-order valence-corrected chi connectivity index (χ3v) is 5.13. The van der Waals surface area contributed by atoms with E-state index in [1.165, 1.54) is 11.6 Å². The second-order valence-electron chi connectivity index (χ2n) is 7.34.